The molecule has 2 saturated heterocycles. The average molecular weight is 1060 g/mol. The van der Waals surface area contributed by atoms with Crippen molar-refractivity contribution in [3.63, 3.8) is 0 Å². The van der Waals surface area contributed by atoms with E-state index >= 15 is 0 Å². The van der Waals surface area contributed by atoms with Gasteiger partial charge in [0.15, 0.2) is 12.1 Å². The summed E-state index contributed by atoms with van der Waals surface area (Å²) in [5.74, 6) is -0.803. The number of nitrogens with zero attached hydrogens (tertiary/aromatic N) is 2. The molecule has 0 spiro atoms. The van der Waals surface area contributed by atoms with Crippen molar-refractivity contribution in [1.82, 2.24) is 9.80 Å². The van der Waals surface area contributed by atoms with Crippen molar-refractivity contribution >= 4 is 142 Å². The fraction of sp³-hybridized carbons (Fsp3) is 0.406. The summed E-state index contributed by atoms with van der Waals surface area (Å²) < 4.78 is 19.8. The first kappa shape index (κ1) is 47.8. The van der Waals surface area contributed by atoms with E-state index in [-0.39, 0.29) is 51.5 Å². The molecule has 4 aromatic heterocycles. The number of carbonyl (C=O) groups is 3. The predicted octanol–water partition coefficient (Wildman–Crippen LogP) is 10.5. The first-order valence-corrected chi connectivity index (χ1v) is 21.4. The Morgan fingerprint density at radius 2 is 1.49 bits per heavy atom. The second kappa shape index (κ2) is 26.5. The molecule has 0 N–H and O–H groups in total. The van der Waals surface area contributed by atoms with E-state index in [0.29, 0.717) is 19.1 Å². The topological polar surface area (TPSA) is 85.4 Å². The Kier molecular flexibility index (Phi) is 24.9. The molecule has 0 aliphatic carbocycles. The molecule has 6 heterocycles. The fourth-order valence-electron chi connectivity index (χ4n) is 4.17. The van der Waals surface area contributed by atoms with Crippen molar-refractivity contribution in [3.8, 4) is 0 Å². The summed E-state index contributed by atoms with van der Waals surface area (Å²) in [5, 5.41) is 1.94. The molecule has 2 fully saturated rings. The predicted molar refractivity (Wildman–Crippen MR) is 215 cm³/mol. The third-order valence-electron chi connectivity index (χ3n) is 6.54. The first-order chi connectivity index (χ1) is 24.0. The molecular weight excluding hydrogens is 1030 g/mol. The molecule has 2 aliphatic rings. The van der Waals surface area contributed by atoms with Crippen molar-refractivity contribution in [2.45, 2.75) is 26.4 Å². The number of hydrogen-bond donors (Lipinski definition) is 0. The number of esters is 1. The van der Waals surface area contributed by atoms with Crippen LogP contribution in [0.5, 0.6) is 0 Å². The minimum Gasteiger partial charge on any atom is -0.466 e. The number of ether oxygens (including phenoxy) is 3. The van der Waals surface area contributed by atoms with Crippen LogP contribution in [0.3, 0.4) is 0 Å². The molecular formula is C32H33Br2Cl4N2O6S4Y-. The van der Waals surface area contributed by atoms with Crippen LogP contribution in [0.2, 0.25) is 17.3 Å². The Balaban J connectivity index is 0.000000256. The molecule has 2 aliphatic heterocycles. The van der Waals surface area contributed by atoms with Gasteiger partial charge in [0.05, 0.1) is 37.9 Å². The average Bonchev–Trinajstić information content (AvgIpc) is 3.87. The van der Waals surface area contributed by atoms with Crippen LogP contribution in [0.15, 0.2) is 38.6 Å². The summed E-state index contributed by atoms with van der Waals surface area (Å²) in [7, 11) is 0. The van der Waals surface area contributed by atoms with Crippen molar-refractivity contribution in [2.75, 3.05) is 59.2 Å². The van der Waals surface area contributed by atoms with Crippen molar-refractivity contribution in [2.24, 2.45) is 0 Å². The summed E-state index contributed by atoms with van der Waals surface area (Å²) in [4.78, 5) is 41.1. The zero-order valence-electron chi connectivity index (χ0n) is 27.3. The second-order valence-corrected chi connectivity index (χ2v) is 18.5. The molecule has 0 bridgehead atoms. The zero-order valence-corrected chi connectivity index (χ0v) is 39.6. The monoisotopic (exact) mass is 1060 g/mol. The van der Waals surface area contributed by atoms with E-state index in [2.05, 4.69) is 47.7 Å². The smallest absolute Gasteiger partial charge is 0.313 e. The van der Waals surface area contributed by atoms with Crippen molar-refractivity contribution in [1.29, 1.82) is 0 Å². The van der Waals surface area contributed by atoms with Crippen LogP contribution >= 0.6 is 124 Å². The van der Waals surface area contributed by atoms with Gasteiger partial charge in [-0.05, 0) is 73.2 Å². The van der Waals surface area contributed by atoms with Crippen LogP contribution in [0, 0.1) is 6.07 Å². The standard InChI is InChI=1S/C14H18ClNO4S.C9H11ClNOS.C5H2BrClOS.C4H2BrClS.Y/c1-2-20-13(18)8-12(17)11-7-10(21-14(11)15)9-16-3-5-19-6-4-16;10-9-2-1-8(13-9)7-11-3-5-12-6-4-11;6-4-1-3(2-8)9-5(4)7;5-3-1-2-7-4(3)6;/h7H,2-6,8-9H2,1H3;1H,3-7H2;1-2H;1-2H;/q;-1;;;. The minimum atomic E-state index is -0.514. The van der Waals surface area contributed by atoms with Crippen molar-refractivity contribution in [3.05, 3.63) is 82.2 Å². The van der Waals surface area contributed by atoms with E-state index in [1.165, 1.54) is 38.9 Å². The molecule has 0 amide bonds. The van der Waals surface area contributed by atoms with Crippen LogP contribution in [-0.2, 0) is 64.8 Å². The van der Waals surface area contributed by atoms with Gasteiger partial charge in [-0.15, -0.1) is 38.9 Å². The van der Waals surface area contributed by atoms with Crippen LogP contribution in [0.1, 0.15) is 43.1 Å². The molecule has 19 heteroatoms. The van der Waals surface area contributed by atoms with Gasteiger partial charge < -0.3 is 19.1 Å². The number of ketones is 1. The number of rotatable bonds is 9. The molecule has 0 atom stereocenters. The third kappa shape index (κ3) is 18.4. The third-order valence-corrected chi connectivity index (χ3v) is 13.7. The molecule has 1 radical (unpaired) electrons. The zero-order chi connectivity index (χ0) is 36.5. The number of morpholine rings is 2. The van der Waals surface area contributed by atoms with Gasteiger partial charge in [0.25, 0.3) is 0 Å². The number of carbonyl (C=O) groups excluding carboxylic acids is 3. The SMILES string of the molecule is CCOC(=O)CC(=O)c1cc(CN2CCOCC2)sc1Cl.Clc1[c-]cc(CN2CCOCC2)s1.Clc1sccc1Br.O=Cc1cc(Br)c(Cl)s1.[Y]. The van der Waals surface area contributed by atoms with E-state index in [4.69, 9.17) is 60.6 Å². The van der Waals surface area contributed by atoms with Gasteiger partial charge in [0.2, 0.25) is 0 Å². The molecule has 0 saturated carbocycles. The van der Waals surface area contributed by atoms with Gasteiger partial charge >= 0.3 is 5.97 Å². The van der Waals surface area contributed by atoms with Crippen LogP contribution in [0.4, 0.5) is 0 Å². The summed E-state index contributed by atoms with van der Waals surface area (Å²) >= 11 is 35.3. The van der Waals surface area contributed by atoms with Gasteiger partial charge in [0.1, 0.15) is 19.4 Å². The molecule has 0 unspecified atom stereocenters. The normalized spacial score (nSPS) is 14.4. The van der Waals surface area contributed by atoms with Crippen LogP contribution in [0.25, 0.3) is 0 Å². The van der Waals surface area contributed by atoms with Gasteiger partial charge in [-0.25, -0.2) is 23.5 Å². The Hall–Kier alpha value is 0.674. The molecule has 6 rings (SSSR count). The van der Waals surface area contributed by atoms with E-state index in [9.17, 15) is 14.4 Å². The maximum atomic E-state index is 12.0. The number of thiophene rings is 4. The number of Topliss-reactive ketones (excluding diaryl/α,β-unsaturated/α-hetero) is 1. The molecule has 0 aromatic carbocycles. The Labute approximate surface area is 376 Å². The number of halogens is 6. The van der Waals surface area contributed by atoms with E-state index in [1.807, 2.05) is 17.5 Å². The minimum absolute atomic E-state index is 0. The van der Waals surface area contributed by atoms with Gasteiger partial charge in [-0.1, -0.05) is 46.4 Å². The van der Waals surface area contributed by atoms with Crippen LogP contribution < -0.4 is 0 Å². The fourth-order valence-corrected chi connectivity index (χ4v) is 9.49. The maximum absolute atomic E-state index is 12.0. The summed E-state index contributed by atoms with van der Waals surface area (Å²) in [6, 6.07) is 10.4. The summed E-state index contributed by atoms with van der Waals surface area (Å²) in [6.07, 6.45) is 0.516. The van der Waals surface area contributed by atoms with Gasteiger partial charge in [0, 0.05) is 84.8 Å². The Bertz CT molecular complexity index is 1610. The molecule has 4 aromatic rings. The Morgan fingerprint density at radius 3 is 1.90 bits per heavy atom. The summed E-state index contributed by atoms with van der Waals surface area (Å²) in [6.45, 7) is 10.7. The van der Waals surface area contributed by atoms with E-state index < -0.39 is 5.97 Å². The first-order valence-electron chi connectivity index (χ1n) is 15.0. The molecule has 51 heavy (non-hydrogen) atoms. The summed E-state index contributed by atoms with van der Waals surface area (Å²) in [5.41, 5.74) is 0.415. The van der Waals surface area contributed by atoms with Crippen molar-refractivity contribution < 1.29 is 61.3 Å². The van der Waals surface area contributed by atoms with E-state index in [0.717, 1.165) is 94.5 Å². The number of hydrogen-bond acceptors (Lipinski definition) is 12. The Morgan fingerprint density at radius 1 is 0.882 bits per heavy atom. The maximum Gasteiger partial charge on any atom is 0.313 e. The second-order valence-electron chi connectivity index (χ2n) is 10.1. The quantitative estimate of drug-likeness (QED) is 0.0539. The van der Waals surface area contributed by atoms with Gasteiger partial charge in [-0.2, -0.15) is 0 Å². The van der Waals surface area contributed by atoms with Gasteiger partial charge in [-0.3, -0.25) is 19.3 Å². The number of aldehydes is 1. The van der Waals surface area contributed by atoms with E-state index in [1.54, 1.807) is 30.4 Å². The van der Waals surface area contributed by atoms with Crippen LogP contribution in [-0.4, -0.2) is 87.1 Å². The largest absolute Gasteiger partial charge is 0.466 e. The molecule has 277 valence electrons. The molecule has 8 nitrogen and oxygen atoms in total.